The van der Waals surface area contributed by atoms with Crippen molar-refractivity contribution in [1.29, 1.82) is 5.26 Å². The fraction of sp³-hybridized carbons (Fsp3) is 0.188. The van der Waals surface area contributed by atoms with E-state index in [1.54, 1.807) is 18.2 Å². The lowest BCUT2D eigenvalue weighted by Crippen LogP contribution is -2.34. The molecule has 0 radical (unpaired) electrons. The van der Waals surface area contributed by atoms with Gasteiger partial charge in [0, 0.05) is 6.42 Å². The van der Waals surface area contributed by atoms with Gasteiger partial charge in [-0.15, -0.1) is 0 Å². The van der Waals surface area contributed by atoms with Gasteiger partial charge in [0.15, 0.2) is 23.3 Å². The fourth-order valence-electron chi connectivity index (χ4n) is 1.97. The predicted molar refractivity (Wildman–Crippen MR) is 71.9 cm³/mol. The van der Waals surface area contributed by atoms with E-state index in [2.05, 4.69) is 4.74 Å². The van der Waals surface area contributed by atoms with Gasteiger partial charge in [0.1, 0.15) is 6.07 Å². The van der Waals surface area contributed by atoms with Gasteiger partial charge in [0.25, 0.3) is 5.79 Å². The first-order valence-electron chi connectivity index (χ1n) is 6.60. The molecule has 0 aliphatic heterocycles. The van der Waals surface area contributed by atoms with Crippen LogP contribution >= 0.6 is 0 Å². The summed E-state index contributed by atoms with van der Waals surface area (Å²) in [5.74, 6) is -10.9. The number of rotatable bonds is 5. The van der Waals surface area contributed by atoms with Gasteiger partial charge >= 0.3 is 0 Å². The average molecular weight is 343 g/mol. The standard InChI is InChI=1S/C16H10F5NO2/c17-11-6-10(12(18)14(20)13(11)19)15(21)24-16(23,8-22)7-9-4-2-1-3-5-9/h1-6,15,23H,7H2. The van der Waals surface area contributed by atoms with Gasteiger partial charge in [-0.3, -0.25) is 4.74 Å². The molecule has 0 bridgehead atoms. The van der Waals surface area contributed by atoms with Crippen molar-refractivity contribution in [2.45, 2.75) is 18.6 Å². The highest BCUT2D eigenvalue weighted by Crippen LogP contribution is 2.31. The average Bonchev–Trinajstić information content (AvgIpc) is 2.57. The SMILES string of the molecule is N#CC(O)(Cc1ccccc1)OC(F)c1cc(F)c(F)c(F)c1F. The Labute approximate surface area is 133 Å². The van der Waals surface area contributed by atoms with Crippen LogP contribution in [0.1, 0.15) is 17.5 Å². The molecule has 0 saturated carbocycles. The van der Waals surface area contributed by atoms with Gasteiger partial charge in [-0.05, 0) is 11.6 Å². The third kappa shape index (κ3) is 3.69. The van der Waals surface area contributed by atoms with E-state index in [1.165, 1.54) is 18.2 Å². The second-order valence-corrected chi connectivity index (χ2v) is 4.88. The predicted octanol–water partition coefficient (Wildman–Crippen LogP) is 3.68. The lowest BCUT2D eigenvalue weighted by atomic mass is 10.1. The largest absolute Gasteiger partial charge is 0.354 e. The first-order valence-corrected chi connectivity index (χ1v) is 6.60. The Morgan fingerprint density at radius 2 is 1.71 bits per heavy atom. The third-order valence-corrected chi connectivity index (χ3v) is 3.13. The summed E-state index contributed by atoms with van der Waals surface area (Å²) in [6.07, 6.45) is -3.39. The second-order valence-electron chi connectivity index (χ2n) is 4.88. The molecule has 2 aromatic rings. The molecule has 8 heteroatoms. The summed E-state index contributed by atoms with van der Waals surface area (Å²) in [6.45, 7) is 0. The molecule has 2 aromatic carbocycles. The summed E-state index contributed by atoms with van der Waals surface area (Å²) in [6, 6.07) is 9.21. The topological polar surface area (TPSA) is 53.2 Å². The van der Waals surface area contributed by atoms with E-state index in [9.17, 15) is 27.1 Å². The highest BCUT2D eigenvalue weighted by molar-refractivity contribution is 5.24. The maximum atomic E-state index is 14.0. The number of nitrogens with zero attached hydrogens (tertiary/aromatic N) is 1. The summed E-state index contributed by atoms with van der Waals surface area (Å²) in [5, 5.41) is 19.0. The van der Waals surface area contributed by atoms with E-state index < -0.39 is 47.4 Å². The van der Waals surface area contributed by atoms with Gasteiger partial charge in [-0.2, -0.15) is 5.26 Å². The van der Waals surface area contributed by atoms with Crippen LogP contribution in [0.25, 0.3) is 0 Å². The maximum Gasteiger partial charge on any atom is 0.263 e. The molecule has 0 fully saturated rings. The van der Waals surface area contributed by atoms with Gasteiger partial charge < -0.3 is 5.11 Å². The smallest absolute Gasteiger partial charge is 0.263 e. The molecule has 0 saturated heterocycles. The zero-order chi connectivity index (χ0) is 17.9. The van der Waals surface area contributed by atoms with Crippen molar-refractivity contribution >= 4 is 0 Å². The second kappa shape index (κ2) is 6.95. The van der Waals surface area contributed by atoms with Crippen LogP contribution in [0.3, 0.4) is 0 Å². The Bertz CT molecular complexity index is 778. The van der Waals surface area contributed by atoms with E-state index in [1.807, 2.05) is 0 Å². The van der Waals surface area contributed by atoms with Gasteiger partial charge in [0.05, 0.1) is 5.56 Å². The molecule has 126 valence electrons. The summed E-state index contributed by atoms with van der Waals surface area (Å²) < 4.78 is 71.1. The number of nitriles is 1. The molecule has 0 aliphatic carbocycles. The van der Waals surface area contributed by atoms with Gasteiger partial charge in [0.2, 0.25) is 6.36 Å². The van der Waals surface area contributed by atoms with E-state index >= 15 is 0 Å². The minimum Gasteiger partial charge on any atom is -0.354 e. The Morgan fingerprint density at radius 3 is 2.29 bits per heavy atom. The summed E-state index contributed by atoms with van der Waals surface area (Å²) in [7, 11) is 0. The van der Waals surface area contributed by atoms with E-state index in [4.69, 9.17) is 5.26 Å². The molecule has 2 unspecified atom stereocenters. The van der Waals surface area contributed by atoms with E-state index in [0.717, 1.165) is 0 Å². The number of aliphatic hydroxyl groups is 1. The van der Waals surface area contributed by atoms with Crippen molar-refractivity contribution < 1.29 is 31.8 Å². The Balaban J connectivity index is 2.27. The minimum atomic E-state index is -2.90. The number of ether oxygens (including phenoxy) is 1. The molecule has 0 heterocycles. The molecule has 2 rings (SSSR count). The van der Waals surface area contributed by atoms with Crippen LogP contribution in [0, 0.1) is 34.6 Å². The molecule has 24 heavy (non-hydrogen) atoms. The maximum absolute atomic E-state index is 14.0. The van der Waals surface area contributed by atoms with Crippen molar-refractivity contribution in [3.05, 3.63) is 70.8 Å². The highest BCUT2D eigenvalue weighted by atomic mass is 19.2. The Morgan fingerprint density at radius 1 is 1.08 bits per heavy atom. The van der Waals surface area contributed by atoms with Crippen molar-refractivity contribution in [1.82, 2.24) is 0 Å². The molecule has 2 atom stereocenters. The highest BCUT2D eigenvalue weighted by Gasteiger charge is 2.35. The molecule has 0 spiro atoms. The lowest BCUT2D eigenvalue weighted by Gasteiger charge is -2.23. The molecular weight excluding hydrogens is 333 g/mol. The van der Waals surface area contributed by atoms with Gasteiger partial charge in [-0.25, -0.2) is 22.0 Å². The van der Waals surface area contributed by atoms with Crippen LogP contribution in [0.15, 0.2) is 36.4 Å². The van der Waals surface area contributed by atoms with E-state index in [-0.39, 0.29) is 6.07 Å². The number of alkyl halides is 1. The molecule has 0 aliphatic rings. The quantitative estimate of drug-likeness (QED) is 0.296. The Hall–Kier alpha value is -2.50. The first-order chi connectivity index (χ1) is 11.3. The van der Waals surface area contributed by atoms with Crippen LogP contribution in [-0.4, -0.2) is 10.9 Å². The van der Waals surface area contributed by atoms with Crippen molar-refractivity contribution in [2.75, 3.05) is 0 Å². The number of benzene rings is 2. The number of hydrogen-bond donors (Lipinski definition) is 1. The van der Waals surface area contributed by atoms with Crippen LogP contribution in [0.2, 0.25) is 0 Å². The minimum absolute atomic E-state index is 0.0543. The molecular formula is C16H10F5NO2. The van der Waals surface area contributed by atoms with Crippen LogP contribution in [0.4, 0.5) is 22.0 Å². The van der Waals surface area contributed by atoms with Crippen molar-refractivity contribution in [3.8, 4) is 6.07 Å². The lowest BCUT2D eigenvalue weighted by molar-refractivity contribution is -0.227. The van der Waals surface area contributed by atoms with Crippen LogP contribution in [-0.2, 0) is 11.2 Å². The van der Waals surface area contributed by atoms with Gasteiger partial charge in [-0.1, -0.05) is 30.3 Å². The number of hydrogen-bond acceptors (Lipinski definition) is 3. The van der Waals surface area contributed by atoms with Crippen LogP contribution in [0.5, 0.6) is 0 Å². The monoisotopic (exact) mass is 343 g/mol. The van der Waals surface area contributed by atoms with Crippen LogP contribution < -0.4 is 0 Å². The first kappa shape index (κ1) is 17.8. The summed E-state index contributed by atoms with van der Waals surface area (Å²) >= 11 is 0. The Kier molecular flexibility index (Phi) is 5.17. The molecule has 3 nitrogen and oxygen atoms in total. The fourth-order valence-corrected chi connectivity index (χ4v) is 1.97. The zero-order valence-corrected chi connectivity index (χ0v) is 11.9. The molecule has 0 amide bonds. The van der Waals surface area contributed by atoms with Crippen molar-refractivity contribution in [2.24, 2.45) is 0 Å². The van der Waals surface area contributed by atoms with Crippen molar-refractivity contribution in [3.63, 3.8) is 0 Å². The summed E-state index contributed by atoms with van der Waals surface area (Å²) in [4.78, 5) is 0. The van der Waals surface area contributed by atoms with E-state index in [0.29, 0.717) is 5.56 Å². The zero-order valence-electron chi connectivity index (χ0n) is 11.9. The number of halogens is 5. The molecule has 1 N–H and O–H groups in total. The third-order valence-electron chi connectivity index (χ3n) is 3.13. The molecule has 0 aromatic heterocycles. The summed E-state index contributed by atoms with van der Waals surface area (Å²) in [5.41, 5.74) is -0.918. The normalized spacial score (nSPS) is 14.7.